The number of rotatable bonds is 9. The van der Waals surface area contributed by atoms with E-state index in [2.05, 4.69) is 47.8 Å². The van der Waals surface area contributed by atoms with Gasteiger partial charge in [0.05, 0.1) is 0 Å². The number of allylic oxidation sites excluding steroid dienone is 1. The Labute approximate surface area is 212 Å². The number of aliphatic hydroxyl groups is 1. The third-order valence-corrected chi connectivity index (χ3v) is 7.13. The van der Waals surface area contributed by atoms with E-state index in [9.17, 15) is 9.90 Å². The van der Waals surface area contributed by atoms with E-state index in [0.717, 1.165) is 24.0 Å². The van der Waals surface area contributed by atoms with Gasteiger partial charge in [0.2, 0.25) is 6.29 Å². The van der Waals surface area contributed by atoms with Gasteiger partial charge in [0.1, 0.15) is 0 Å². The first-order chi connectivity index (χ1) is 17.7. The zero-order valence-corrected chi connectivity index (χ0v) is 20.7. The molecule has 186 valence electrons. The quantitative estimate of drug-likeness (QED) is 0.338. The molecule has 0 radical (unpaired) electrons. The van der Waals surface area contributed by atoms with E-state index < -0.39 is 6.29 Å². The fraction of sp³-hybridized carbons (Fsp3) is 0.323. The van der Waals surface area contributed by atoms with Crippen LogP contribution in [0.3, 0.4) is 0 Å². The van der Waals surface area contributed by atoms with Crippen LogP contribution in [0.4, 0.5) is 0 Å². The number of fused-ring (bicyclic) bond motifs is 3. The zero-order valence-electron chi connectivity index (χ0n) is 20.7. The molecule has 36 heavy (non-hydrogen) atoms. The molecule has 1 aliphatic heterocycles. The maximum Gasteiger partial charge on any atom is 0.286 e. The van der Waals surface area contributed by atoms with Crippen LogP contribution in [0.25, 0.3) is 11.1 Å². The van der Waals surface area contributed by atoms with E-state index in [1.54, 1.807) is 0 Å². The monoisotopic (exact) mass is 483 g/mol. The Bertz CT molecular complexity index is 1240. The lowest BCUT2D eigenvalue weighted by Gasteiger charge is -2.37. The molecular weight excluding hydrogens is 450 g/mol. The molecule has 0 fully saturated rings. The van der Waals surface area contributed by atoms with E-state index in [1.807, 2.05) is 43.3 Å². The van der Waals surface area contributed by atoms with Crippen molar-refractivity contribution in [3.05, 3.63) is 107 Å². The Morgan fingerprint density at radius 1 is 1.03 bits per heavy atom. The molecule has 2 N–H and O–H groups in total. The summed E-state index contributed by atoms with van der Waals surface area (Å²) < 4.78 is 12.1. The van der Waals surface area contributed by atoms with Crippen molar-refractivity contribution >= 4 is 5.91 Å². The van der Waals surface area contributed by atoms with Crippen LogP contribution in [0.1, 0.15) is 47.9 Å². The van der Waals surface area contributed by atoms with Gasteiger partial charge in [-0.25, -0.2) is 0 Å². The van der Waals surface area contributed by atoms with Crippen LogP contribution >= 0.6 is 0 Å². The number of benzene rings is 3. The van der Waals surface area contributed by atoms with Crippen molar-refractivity contribution in [2.45, 2.75) is 44.9 Å². The molecule has 0 aromatic heterocycles. The molecule has 5 rings (SSSR count). The van der Waals surface area contributed by atoms with Crippen molar-refractivity contribution in [2.75, 3.05) is 13.2 Å². The van der Waals surface area contributed by atoms with E-state index in [1.165, 1.54) is 22.3 Å². The van der Waals surface area contributed by atoms with E-state index in [0.29, 0.717) is 25.3 Å². The van der Waals surface area contributed by atoms with Gasteiger partial charge in [-0.2, -0.15) is 0 Å². The molecule has 1 heterocycles. The van der Waals surface area contributed by atoms with Crippen LogP contribution in [0.15, 0.2) is 84.6 Å². The summed E-state index contributed by atoms with van der Waals surface area (Å²) in [4.78, 5) is 13.2. The summed E-state index contributed by atoms with van der Waals surface area (Å²) in [6.07, 6.45) is 3.68. The molecule has 0 bridgehead atoms. The number of amides is 1. The molecule has 3 aromatic rings. The topological polar surface area (TPSA) is 67.8 Å². The molecule has 5 nitrogen and oxygen atoms in total. The molecule has 0 spiro atoms. The Morgan fingerprint density at radius 3 is 2.61 bits per heavy atom. The lowest BCUT2D eigenvalue weighted by atomic mass is 9.80. The van der Waals surface area contributed by atoms with Gasteiger partial charge in [0.15, 0.2) is 5.76 Å². The van der Waals surface area contributed by atoms with Crippen LogP contribution in [-0.4, -0.2) is 30.5 Å². The first-order valence-electron chi connectivity index (χ1n) is 12.8. The highest BCUT2D eigenvalue weighted by atomic mass is 16.7. The summed E-state index contributed by atoms with van der Waals surface area (Å²) in [5.41, 5.74) is 7.39. The van der Waals surface area contributed by atoms with Gasteiger partial charge in [0, 0.05) is 31.6 Å². The largest absolute Gasteiger partial charge is 0.459 e. The average molecular weight is 484 g/mol. The number of nitrogens with one attached hydrogen (secondary N) is 1. The standard InChI is InChI=1S/C31H33NO4/c1-2-35-31-27(13-8-16-33)28(19-29(36-31)30(34)32-20-21-9-4-3-5-10-21)23-14-15-26-24(18-23)17-22-11-6-7-12-25(22)26/h3-7,9-12,14-15,18-19,27-28,31,33H,2,8,13,16-17,20H2,1H3,(H,32,34)/t27-,28-,31-/m1/s1. The maximum atomic E-state index is 13.2. The number of aliphatic hydroxyl groups excluding tert-OH is 1. The summed E-state index contributed by atoms with van der Waals surface area (Å²) in [5.74, 6) is -0.0286. The first kappa shape index (κ1) is 24.3. The van der Waals surface area contributed by atoms with Crippen LogP contribution in [0, 0.1) is 5.92 Å². The predicted octanol–water partition coefficient (Wildman–Crippen LogP) is 5.32. The van der Waals surface area contributed by atoms with Gasteiger partial charge < -0.3 is 19.9 Å². The molecule has 1 aliphatic carbocycles. The highest BCUT2D eigenvalue weighted by Gasteiger charge is 2.38. The summed E-state index contributed by atoms with van der Waals surface area (Å²) in [6, 6.07) is 25.0. The van der Waals surface area contributed by atoms with Gasteiger partial charge >= 0.3 is 0 Å². The number of carbonyl (C=O) groups is 1. The molecule has 3 aromatic carbocycles. The van der Waals surface area contributed by atoms with Crippen molar-refractivity contribution in [1.82, 2.24) is 5.32 Å². The van der Waals surface area contributed by atoms with E-state index in [4.69, 9.17) is 9.47 Å². The third-order valence-electron chi connectivity index (χ3n) is 7.13. The van der Waals surface area contributed by atoms with Gasteiger partial charge in [-0.3, -0.25) is 4.79 Å². The molecular formula is C31H33NO4. The zero-order chi connectivity index (χ0) is 24.9. The van der Waals surface area contributed by atoms with Gasteiger partial charge in [-0.05, 0) is 65.6 Å². The number of carbonyl (C=O) groups excluding carboxylic acids is 1. The predicted molar refractivity (Wildman–Crippen MR) is 140 cm³/mol. The van der Waals surface area contributed by atoms with Crippen LogP contribution in [0.5, 0.6) is 0 Å². The Kier molecular flexibility index (Phi) is 7.49. The lowest BCUT2D eigenvalue weighted by Crippen LogP contribution is -2.39. The van der Waals surface area contributed by atoms with Gasteiger partial charge in [-0.1, -0.05) is 72.8 Å². The van der Waals surface area contributed by atoms with Crippen LogP contribution in [0.2, 0.25) is 0 Å². The number of ether oxygens (including phenoxy) is 2. The molecule has 3 atom stereocenters. The number of hydrogen-bond donors (Lipinski definition) is 2. The van der Waals surface area contributed by atoms with Crippen molar-refractivity contribution in [3.8, 4) is 11.1 Å². The van der Waals surface area contributed by atoms with Crippen molar-refractivity contribution in [3.63, 3.8) is 0 Å². The molecule has 0 saturated heterocycles. The summed E-state index contributed by atoms with van der Waals surface area (Å²) in [5, 5.41) is 12.5. The van der Waals surface area contributed by atoms with Crippen molar-refractivity contribution in [2.24, 2.45) is 5.92 Å². The Balaban J connectivity index is 1.45. The Morgan fingerprint density at radius 2 is 1.81 bits per heavy atom. The highest BCUT2D eigenvalue weighted by Crippen LogP contribution is 2.43. The smallest absolute Gasteiger partial charge is 0.286 e. The number of hydrogen-bond acceptors (Lipinski definition) is 4. The normalized spacial score (nSPS) is 20.2. The summed E-state index contributed by atoms with van der Waals surface area (Å²) >= 11 is 0. The fourth-order valence-corrected chi connectivity index (χ4v) is 5.38. The molecule has 0 unspecified atom stereocenters. The van der Waals surface area contributed by atoms with Crippen LogP contribution in [-0.2, 0) is 27.2 Å². The highest BCUT2D eigenvalue weighted by molar-refractivity contribution is 5.91. The maximum absolute atomic E-state index is 13.2. The van der Waals surface area contributed by atoms with Crippen LogP contribution < -0.4 is 5.32 Å². The van der Waals surface area contributed by atoms with Gasteiger partial charge in [-0.15, -0.1) is 0 Å². The average Bonchev–Trinajstić information content (AvgIpc) is 3.29. The van der Waals surface area contributed by atoms with E-state index in [-0.39, 0.29) is 24.3 Å². The van der Waals surface area contributed by atoms with Gasteiger partial charge in [0.25, 0.3) is 5.91 Å². The van der Waals surface area contributed by atoms with E-state index >= 15 is 0 Å². The first-order valence-corrected chi connectivity index (χ1v) is 12.8. The summed E-state index contributed by atoms with van der Waals surface area (Å²) in [7, 11) is 0. The Hall–Kier alpha value is -3.41. The van der Waals surface area contributed by atoms with Crippen molar-refractivity contribution < 1.29 is 19.4 Å². The SMILES string of the molecule is CCO[C@@H]1OC(C(=O)NCc2ccccc2)=C[C@H](c2ccc3c(c2)Cc2ccccc2-3)[C@H]1CCCO. The lowest BCUT2D eigenvalue weighted by molar-refractivity contribution is -0.166. The molecule has 2 aliphatic rings. The fourth-order valence-electron chi connectivity index (χ4n) is 5.38. The molecule has 5 heteroatoms. The van der Waals surface area contributed by atoms with Crippen molar-refractivity contribution in [1.29, 1.82) is 0 Å². The second-order valence-corrected chi connectivity index (χ2v) is 9.45. The minimum Gasteiger partial charge on any atom is -0.459 e. The second kappa shape index (κ2) is 11.1. The molecule has 1 amide bonds. The summed E-state index contributed by atoms with van der Waals surface area (Å²) in [6.45, 7) is 2.94. The second-order valence-electron chi connectivity index (χ2n) is 9.45. The molecule has 0 saturated carbocycles. The third kappa shape index (κ3) is 5.08. The minimum absolute atomic E-state index is 0.00963. The minimum atomic E-state index is -0.556.